The fourth-order valence-corrected chi connectivity index (χ4v) is 2.49. The lowest BCUT2D eigenvalue weighted by Gasteiger charge is -2.19. The number of carboxylic acids is 1. The molecule has 0 spiro atoms. The summed E-state index contributed by atoms with van der Waals surface area (Å²) in [7, 11) is 0. The molecule has 0 heterocycles. The van der Waals surface area contributed by atoms with Gasteiger partial charge in [0, 0.05) is 12.0 Å². The van der Waals surface area contributed by atoms with E-state index in [-0.39, 0.29) is 24.1 Å². The van der Waals surface area contributed by atoms with E-state index in [0.717, 1.165) is 19.3 Å². The number of ether oxygens (including phenoxy) is 1. The van der Waals surface area contributed by atoms with Crippen molar-refractivity contribution in [1.29, 1.82) is 0 Å². The second-order valence-electron chi connectivity index (χ2n) is 5.81. The average Bonchev–Trinajstić information content (AvgIpc) is 2.47. The minimum atomic E-state index is -0.784. The van der Waals surface area contributed by atoms with Gasteiger partial charge in [-0.1, -0.05) is 13.3 Å². The number of unbranched alkanes of at least 4 members (excludes halogenated alkanes) is 1. The Kier molecular flexibility index (Phi) is 7.59. The highest BCUT2D eigenvalue weighted by Gasteiger charge is 2.17. The second-order valence-corrected chi connectivity index (χ2v) is 5.81. The summed E-state index contributed by atoms with van der Waals surface area (Å²) in [5, 5.41) is 18.9. The Bertz CT molecular complexity index is 551. The molecule has 2 N–H and O–H groups in total. The number of benzene rings is 1. The minimum Gasteiger partial charge on any atom is -0.507 e. The first kappa shape index (κ1) is 19.0. The predicted octanol–water partition coefficient (Wildman–Crippen LogP) is 3.96. The zero-order valence-corrected chi connectivity index (χ0v) is 14.1. The Labute approximate surface area is 137 Å². The van der Waals surface area contributed by atoms with E-state index >= 15 is 0 Å². The molecule has 1 aromatic carbocycles. The normalized spacial score (nSPS) is 12.0. The van der Waals surface area contributed by atoms with Crippen LogP contribution in [-0.4, -0.2) is 28.1 Å². The molecule has 5 nitrogen and oxygen atoms in total. The molecule has 5 heteroatoms. The van der Waals surface area contributed by atoms with E-state index in [0.29, 0.717) is 29.7 Å². The summed E-state index contributed by atoms with van der Waals surface area (Å²) in [4.78, 5) is 22.0. The Hall–Kier alpha value is -2.04. The number of carboxylic acid groups (broad SMARTS) is 1. The highest BCUT2D eigenvalue weighted by Crippen LogP contribution is 2.33. The fraction of sp³-hybridized carbons (Fsp3) is 0.556. The lowest BCUT2D eigenvalue weighted by Crippen LogP contribution is -2.13. The van der Waals surface area contributed by atoms with Gasteiger partial charge in [0.1, 0.15) is 11.5 Å². The number of phenols is 1. The number of aliphatic carboxylic acids is 1. The third-order valence-electron chi connectivity index (χ3n) is 3.70. The molecule has 1 unspecified atom stereocenters. The first-order valence-electron chi connectivity index (χ1n) is 8.11. The SMILES string of the molecule is CCCc1c(OC(C)CCCCC(=O)O)ccc(C(C)=O)c1O. The molecule has 0 aromatic heterocycles. The number of phenolic OH excluding ortho intramolecular Hbond substituents is 1. The van der Waals surface area contributed by atoms with Crippen molar-refractivity contribution >= 4 is 11.8 Å². The Morgan fingerprint density at radius 1 is 1.26 bits per heavy atom. The summed E-state index contributed by atoms with van der Waals surface area (Å²) in [5.41, 5.74) is 0.979. The molecule has 0 amide bonds. The summed E-state index contributed by atoms with van der Waals surface area (Å²) < 4.78 is 5.90. The number of carbonyl (C=O) groups excluding carboxylic acids is 1. The fourth-order valence-electron chi connectivity index (χ4n) is 2.49. The molecule has 0 aliphatic rings. The van der Waals surface area contributed by atoms with Crippen molar-refractivity contribution in [3.05, 3.63) is 23.3 Å². The van der Waals surface area contributed by atoms with Crippen molar-refractivity contribution < 1.29 is 24.5 Å². The van der Waals surface area contributed by atoms with Crippen molar-refractivity contribution in [2.24, 2.45) is 0 Å². The minimum absolute atomic E-state index is 0.00919. The molecule has 0 aliphatic carbocycles. The van der Waals surface area contributed by atoms with Crippen molar-refractivity contribution in [2.45, 2.75) is 65.4 Å². The summed E-state index contributed by atoms with van der Waals surface area (Å²) in [6, 6.07) is 3.32. The number of aromatic hydroxyl groups is 1. The maximum atomic E-state index is 11.5. The summed E-state index contributed by atoms with van der Waals surface area (Å²) in [6.07, 6.45) is 3.69. The zero-order chi connectivity index (χ0) is 17.4. The van der Waals surface area contributed by atoms with Gasteiger partial charge in [-0.15, -0.1) is 0 Å². The van der Waals surface area contributed by atoms with Crippen molar-refractivity contribution in [2.75, 3.05) is 0 Å². The molecule has 128 valence electrons. The molecule has 0 saturated heterocycles. The summed E-state index contributed by atoms with van der Waals surface area (Å²) in [5.74, 6) is -0.350. The Balaban J connectivity index is 2.76. The first-order chi connectivity index (χ1) is 10.9. The molecule has 0 fully saturated rings. The third-order valence-corrected chi connectivity index (χ3v) is 3.70. The molecular formula is C18H26O5. The number of ketones is 1. The largest absolute Gasteiger partial charge is 0.507 e. The maximum absolute atomic E-state index is 11.5. The van der Waals surface area contributed by atoms with E-state index in [4.69, 9.17) is 9.84 Å². The van der Waals surface area contributed by atoms with Crippen LogP contribution in [0, 0.1) is 0 Å². The van der Waals surface area contributed by atoms with E-state index < -0.39 is 5.97 Å². The molecule has 0 radical (unpaired) electrons. The van der Waals surface area contributed by atoms with Crippen LogP contribution in [-0.2, 0) is 11.2 Å². The van der Waals surface area contributed by atoms with Gasteiger partial charge < -0.3 is 14.9 Å². The highest BCUT2D eigenvalue weighted by molar-refractivity contribution is 5.97. The van der Waals surface area contributed by atoms with E-state index in [2.05, 4.69) is 0 Å². The molecule has 0 bridgehead atoms. The van der Waals surface area contributed by atoms with Gasteiger partial charge in [-0.05, 0) is 51.7 Å². The topological polar surface area (TPSA) is 83.8 Å². The van der Waals surface area contributed by atoms with Crippen LogP contribution in [0.15, 0.2) is 12.1 Å². The molecule has 1 aromatic rings. The van der Waals surface area contributed by atoms with E-state index in [1.54, 1.807) is 12.1 Å². The highest BCUT2D eigenvalue weighted by atomic mass is 16.5. The van der Waals surface area contributed by atoms with Crippen LogP contribution in [0.1, 0.15) is 68.8 Å². The van der Waals surface area contributed by atoms with Gasteiger partial charge in [0.05, 0.1) is 11.7 Å². The quantitative estimate of drug-likeness (QED) is 0.503. The van der Waals surface area contributed by atoms with Gasteiger partial charge in [-0.3, -0.25) is 9.59 Å². The number of hydrogen-bond donors (Lipinski definition) is 2. The van der Waals surface area contributed by atoms with Gasteiger partial charge in [0.2, 0.25) is 0 Å². The van der Waals surface area contributed by atoms with Gasteiger partial charge in [0.25, 0.3) is 0 Å². The van der Waals surface area contributed by atoms with Gasteiger partial charge in [0.15, 0.2) is 5.78 Å². The maximum Gasteiger partial charge on any atom is 0.303 e. The van der Waals surface area contributed by atoms with Crippen LogP contribution in [0.5, 0.6) is 11.5 Å². The standard InChI is InChI=1S/C18H26O5/c1-4-7-15-16(11-10-14(13(3)19)18(15)22)23-12(2)8-5-6-9-17(20)21/h10-12,22H,4-9H2,1-3H3,(H,20,21). The number of hydrogen-bond acceptors (Lipinski definition) is 4. The Morgan fingerprint density at radius 2 is 1.96 bits per heavy atom. The van der Waals surface area contributed by atoms with Gasteiger partial charge in [-0.25, -0.2) is 0 Å². The van der Waals surface area contributed by atoms with Crippen molar-refractivity contribution in [3.8, 4) is 11.5 Å². The van der Waals surface area contributed by atoms with Crippen LogP contribution >= 0.6 is 0 Å². The van der Waals surface area contributed by atoms with Crippen LogP contribution in [0.2, 0.25) is 0 Å². The van der Waals surface area contributed by atoms with Crippen LogP contribution in [0.3, 0.4) is 0 Å². The van der Waals surface area contributed by atoms with E-state index in [1.807, 2.05) is 13.8 Å². The summed E-state index contributed by atoms with van der Waals surface area (Å²) in [6.45, 7) is 5.35. The average molecular weight is 322 g/mol. The lowest BCUT2D eigenvalue weighted by atomic mass is 10.0. The van der Waals surface area contributed by atoms with Crippen molar-refractivity contribution in [1.82, 2.24) is 0 Å². The molecule has 0 aliphatic heterocycles. The molecular weight excluding hydrogens is 296 g/mol. The number of Topliss-reactive ketones (excluding diaryl/α,β-unsaturated/α-hetero) is 1. The predicted molar refractivity (Wildman–Crippen MR) is 88.3 cm³/mol. The van der Waals surface area contributed by atoms with E-state index in [1.165, 1.54) is 6.92 Å². The number of carbonyl (C=O) groups is 2. The molecule has 23 heavy (non-hydrogen) atoms. The first-order valence-corrected chi connectivity index (χ1v) is 8.11. The third kappa shape index (κ3) is 5.93. The van der Waals surface area contributed by atoms with E-state index in [9.17, 15) is 14.7 Å². The Morgan fingerprint density at radius 3 is 2.52 bits per heavy atom. The molecule has 1 rings (SSSR count). The van der Waals surface area contributed by atoms with Gasteiger partial charge in [-0.2, -0.15) is 0 Å². The van der Waals surface area contributed by atoms with Crippen LogP contribution < -0.4 is 4.74 Å². The lowest BCUT2D eigenvalue weighted by molar-refractivity contribution is -0.137. The zero-order valence-electron chi connectivity index (χ0n) is 14.1. The van der Waals surface area contributed by atoms with Crippen LogP contribution in [0.4, 0.5) is 0 Å². The summed E-state index contributed by atoms with van der Waals surface area (Å²) >= 11 is 0. The van der Waals surface area contributed by atoms with Gasteiger partial charge >= 0.3 is 5.97 Å². The van der Waals surface area contributed by atoms with Crippen molar-refractivity contribution in [3.63, 3.8) is 0 Å². The molecule has 1 atom stereocenters. The monoisotopic (exact) mass is 322 g/mol. The number of rotatable bonds is 10. The second kappa shape index (κ2) is 9.18. The molecule has 0 saturated carbocycles. The van der Waals surface area contributed by atoms with Crippen LogP contribution in [0.25, 0.3) is 0 Å². The smallest absolute Gasteiger partial charge is 0.303 e.